The maximum absolute atomic E-state index is 6.18. The second-order valence-electron chi connectivity index (χ2n) is 4.61. The molecular formula is C13H18BrNO2. The Bertz CT molecular complexity index is 397. The van der Waals surface area contributed by atoms with E-state index in [0.29, 0.717) is 12.5 Å². The molecule has 0 aromatic heterocycles. The number of nitrogens with two attached hydrogens (primary N) is 1. The van der Waals surface area contributed by atoms with Crippen LogP contribution in [-0.4, -0.2) is 19.8 Å². The predicted octanol–water partition coefficient (Wildman–Crippen LogP) is 2.88. The van der Waals surface area contributed by atoms with Gasteiger partial charge in [-0.25, -0.2) is 0 Å². The summed E-state index contributed by atoms with van der Waals surface area (Å²) in [5.41, 5.74) is 7.28. The van der Waals surface area contributed by atoms with Crippen molar-refractivity contribution in [3.8, 4) is 5.75 Å². The van der Waals surface area contributed by atoms with Crippen LogP contribution in [0.15, 0.2) is 22.7 Å². The van der Waals surface area contributed by atoms with Crippen molar-refractivity contribution in [2.45, 2.75) is 25.5 Å². The van der Waals surface area contributed by atoms with Crippen molar-refractivity contribution in [3.63, 3.8) is 0 Å². The predicted molar refractivity (Wildman–Crippen MR) is 71.1 cm³/mol. The molecule has 17 heavy (non-hydrogen) atoms. The van der Waals surface area contributed by atoms with Crippen molar-refractivity contribution in [1.82, 2.24) is 0 Å². The van der Waals surface area contributed by atoms with Gasteiger partial charge >= 0.3 is 0 Å². The van der Waals surface area contributed by atoms with E-state index in [-0.39, 0.29) is 12.1 Å². The van der Waals surface area contributed by atoms with Crippen LogP contribution in [0.1, 0.15) is 24.9 Å². The first-order valence-corrected chi connectivity index (χ1v) is 6.61. The third kappa shape index (κ3) is 2.81. The maximum Gasteiger partial charge on any atom is 0.125 e. The van der Waals surface area contributed by atoms with E-state index < -0.39 is 0 Å². The Morgan fingerprint density at radius 2 is 2.35 bits per heavy atom. The van der Waals surface area contributed by atoms with Gasteiger partial charge in [0.15, 0.2) is 0 Å². The molecule has 94 valence electrons. The fourth-order valence-corrected chi connectivity index (χ4v) is 2.56. The molecule has 1 aromatic carbocycles. The van der Waals surface area contributed by atoms with E-state index >= 15 is 0 Å². The lowest BCUT2D eigenvalue weighted by atomic mass is 9.91. The molecule has 0 bridgehead atoms. The Balaban J connectivity index is 2.19. The zero-order valence-electron chi connectivity index (χ0n) is 10.2. The maximum atomic E-state index is 6.18. The molecule has 0 aliphatic carbocycles. The quantitative estimate of drug-likeness (QED) is 0.933. The van der Waals surface area contributed by atoms with E-state index in [0.717, 1.165) is 22.2 Å². The zero-order chi connectivity index (χ0) is 12.4. The average Bonchev–Trinajstić information content (AvgIpc) is 2.28. The van der Waals surface area contributed by atoms with Crippen molar-refractivity contribution in [1.29, 1.82) is 0 Å². The summed E-state index contributed by atoms with van der Waals surface area (Å²) in [6.07, 6.45) is 0.978. The van der Waals surface area contributed by atoms with Crippen LogP contribution in [0.4, 0.5) is 0 Å². The Kier molecular flexibility index (Phi) is 4.07. The van der Waals surface area contributed by atoms with E-state index in [2.05, 4.69) is 22.9 Å². The van der Waals surface area contributed by atoms with Gasteiger partial charge in [-0.3, -0.25) is 0 Å². The molecule has 1 heterocycles. The first-order valence-electron chi connectivity index (χ1n) is 5.82. The van der Waals surface area contributed by atoms with Crippen LogP contribution in [0.3, 0.4) is 0 Å². The number of hydrogen-bond donors (Lipinski definition) is 1. The summed E-state index contributed by atoms with van der Waals surface area (Å²) in [6.45, 7) is 2.82. The summed E-state index contributed by atoms with van der Waals surface area (Å²) in [5, 5.41) is 0. The van der Waals surface area contributed by atoms with Crippen molar-refractivity contribution in [3.05, 3.63) is 28.2 Å². The Morgan fingerprint density at radius 3 is 3.06 bits per heavy atom. The van der Waals surface area contributed by atoms with Crippen LogP contribution in [-0.2, 0) is 4.74 Å². The van der Waals surface area contributed by atoms with E-state index in [1.807, 2.05) is 18.2 Å². The molecule has 0 amide bonds. The standard InChI is InChI=1S/C13H18BrNO2/c1-8(7-16-2)12-6-11(15)10-4-3-9(14)5-13(10)17-12/h3-5,8,11-12H,6-7,15H2,1-2H3. The highest BCUT2D eigenvalue weighted by molar-refractivity contribution is 9.10. The number of methoxy groups -OCH3 is 1. The minimum Gasteiger partial charge on any atom is -0.490 e. The SMILES string of the molecule is COCC(C)C1CC(N)c2ccc(Br)cc2O1. The first-order chi connectivity index (χ1) is 8.11. The van der Waals surface area contributed by atoms with E-state index in [1.54, 1.807) is 7.11 Å². The highest BCUT2D eigenvalue weighted by Gasteiger charge is 2.29. The van der Waals surface area contributed by atoms with Gasteiger partial charge in [-0.05, 0) is 12.1 Å². The molecule has 4 heteroatoms. The minimum atomic E-state index is 0.0520. The molecular weight excluding hydrogens is 282 g/mol. The lowest BCUT2D eigenvalue weighted by Gasteiger charge is -2.33. The van der Waals surface area contributed by atoms with Gasteiger partial charge in [-0.1, -0.05) is 28.9 Å². The molecule has 0 saturated carbocycles. The largest absolute Gasteiger partial charge is 0.490 e. The smallest absolute Gasteiger partial charge is 0.125 e. The fraction of sp³-hybridized carbons (Fsp3) is 0.538. The number of hydrogen-bond acceptors (Lipinski definition) is 3. The highest BCUT2D eigenvalue weighted by atomic mass is 79.9. The van der Waals surface area contributed by atoms with Crippen LogP contribution in [0.25, 0.3) is 0 Å². The summed E-state index contributed by atoms with van der Waals surface area (Å²) in [5.74, 6) is 1.24. The molecule has 2 N–H and O–H groups in total. The van der Waals surface area contributed by atoms with E-state index in [1.165, 1.54) is 0 Å². The van der Waals surface area contributed by atoms with Gasteiger partial charge in [0.05, 0.1) is 6.61 Å². The van der Waals surface area contributed by atoms with Crippen LogP contribution in [0.5, 0.6) is 5.75 Å². The van der Waals surface area contributed by atoms with Gasteiger partial charge in [-0.15, -0.1) is 0 Å². The molecule has 0 radical (unpaired) electrons. The zero-order valence-corrected chi connectivity index (χ0v) is 11.7. The lowest BCUT2D eigenvalue weighted by molar-refractivity contribution is 0.0538. The second-order valence-corrected chi connectivity index (χ2v) is 5.53. The van der Waals surface area contributed by atoms with Gasteiger partial charge in [0.2, 0.25) is 0 Å². The van der Waals surface area contributed by atoms with Crippen LogP contribution >= 0.6 is 15.9 Å². The molecule has 3 atom stereocenters. The number of fused-ring (bicyclic) bond motifs is 1. The molecule has 3 unspecified atom stereocenters. The first kappa shape index (κ1) is 12.9. The summed E-state index contributed by atoms with van der Waals surface area (Å²) in [6, 6.07) is 6.07. The van der Waals surface area contributed by atoms with E-state index in [4.69, 9.17) is 15.2 Å². The molecule has 0 fully saturated rings. The topological polar surface area (TPSA) is 44.5 Å². The molecule has 0 spiro atoms. The minimum absolute atomic E-state index is 0.0520. The summed E-state index contributed by atoms with van der Waals surface area (Å²) in [4.78, 5) is 0. The highest BCUT2D eigenvalue weighted by Crippen LogP contribution is 2.37. The van der Waals surface area contributed by atoms with Crippen LogP contribution in [0.2, 0.25) is 0 Å². The van der Waals surface area contributed by atoms with E-state index in [9.17, 15) is 0 Å². The van der Waals surface area contributed by atoms with Gasteiger partial charge in [0, 0.05) is 35.5 Å². The van der Waals surface area contributed by atoms with Crippen molar-refractivity contribution in [2.75, 3.05) is 13.7 Å². The third-order valence-electron chi connectivity index (χ3n) is 3.20. The number of ether oxygens (including phenoxy) is 2. The number of halogens is 1. The summed E-state index contributed by atoms with van der Waals surface area (Å²) in [7, 11) is 1.71. The van der Waals surface area contributed by atoms with Crippen molar-refractivity contribution in [2.24, 2.45) is 11.7 Å². The number of rotatable bonds is 3. The Labute approximate surface area is 110 Å². The Morgan fingerprint density at radius 1 is 1.59 bits per heavy atom. The average molecular weight is 300 g/mol. The molecule has 1 aliphatic heterocycles. The molecule has 2 rings (SSSR count). The second kappa shape index (κ2) is 5.38. The molecule has 1 aromatic rings. The third-order valence-corrected chi connectivity index (χ3v) is 3.70. The van der Waals surface area contributed by atoms with Gasteiger partial charge in [0.1, 0.15) is 11.9 Å². The molecule has 3 nitrogen and oxygen atoms in total. The summed E-state index contributed by atoms with van der Waals surface area (Å²) >= 11 is 3.45. The molecule has 1 aliphatic rings. The van der Waals surface area contributed by atoms with Crippen LogP contribution in [0, 0.1) is 5.92 Å². The lowest BCUT2D eigenvalue weighted by Crippen LogP contribution is -2.35. The van der Waals surface area contributed by atoms with Crippen molar-refractivity contribution < 1.29 is 9.47 Å². The van der Waals surface area contributed by atoms with Gasteiger partial charge in [-0.2, -0.15) is 0 Å². The monoisotopic (exact) mass is 299 g/mol. The molecule has 0 saturated heterocycles. The van der Waals surface area contributed by atoms with Gasteiger partial charge < -0.3 is 15.2 Å². The van der Waals surface area contributed by atoms with Crippen molar-refractivity contribution >= 4 is 15.9 Å². The van der Waals surface area contributed by atoms with Gasteiger partial charge in [0.25, 0.3) is 0 Å². The normalized spacial score (nSPS) is 24.9. The fourth-order valence-electron chi connectivity index (χ4n) is 2.22. The Hall–Kier alpha value is -0.580. The summed E-state index contributed by atoms with van der Waals surface area (Å²) < 4.78 is 12.2. The van der Waals surface area contributed by atoms with Crippen LogP contribution < -0.4 is 10.5 Å². The number of benzene rings is 1.